The van der Waals surface area contributed by atoms with Gasteiger partial charge in [0.2, 0.25) is 5.91 Å². The summed E-state index contributed by atoms with van der Waals surface area (Å²) in [5.41, 5.74) is 5.34. The normalized spacial score (nSPS) is 9.56. The Hall–Kier alpha value is -2.11. The summed E-state index contributed by atoms with van der Waals surface area (Å²) in [5.74, 6) is -0.533. The van der Waals surface area contributed by atoms with Gasteiger partial charge < -0.3 is 15.2 Å². The Labute approximate surface area is 92.4 Å². The van der Waals surface area contributed by atoms with Crippen LogP contribution in [-0.4, -0.2) is 30.1 Å². The summed E-state index contributed by atoms with van der Waals surface area (Å²) in [5, 5.41) is 0. The SMILES string of the molecule is CC(=O)OCCOc1cncc(C(N)=O)c1. The number of nitrogens with zero attached hydrogens (tertiary/aromatic N) is 1. The van der Waals surface area contributed by atoms with E-state index in [0.717, 1.165) is 0 Å². The summed E-state index contributed by atoms with van der Waals surface area (Å²) in [6.45, 7) is 1.66. The van der Waals surface area contributed by atoms with E-state index in [1.807, 2.05) is 0 Å². The first kappa shape index (κ1) is 12.0. The van der Waals surface area contributed by atoms with Crippen LogP contribution < -0.4 is 10.5 Å². The molecule has 0 aliphatic heterocycles. The van der Waals surface area contributed by atoms with Gasteiger partial charge in [0, 0.05) is 13.1 Å². The summed E-state index contributed by atoms with van der Waals surface area (Å²) in [4.78, 5) is 25.1. The first-order valence-corrected chi connectivity index (χ1v) is 4.60. The average molecular weight is 224 g/mol. The molecule has 0 aliphatic rings. The lowest BCUT2D eigenvalue weighted by Crippen LogP contribution is -2.12. The zero-order valence-electron chi connectivity index (χ0n) is 8.80. The second-order valence-electron chi connectivity index (χ2n) is 2.96. The Morgan fingerprint density at radius 2 is 2.12 bits per heavy atom. The van der Waals surface area contributed by atoms with Crippen molar-refractivity contribution < 1.29 is 19.1 Å². The molecule has 0 saturated heterocycles. The zero-order valence-corrected chi connectivity index (χ0v) is 8.80. The molecule has 0 fully saturated rings. The lowest BCUT2D eigenvalue weighted by atomic mass is 10.3. The van der Waals surface area contributed by atoms with Crippen molar-refractivity contribution in [3.8, 4) is 5.75 Å². The highest BCUT2D eigenvalue weighted by molar-refractivity contribution is 5.92. The number of hydrogen-bond donors (Lipinski definition) is 1. The molecule has 0 unspecified atom stereocenters. The minimum absolute atomic E-state index is 0.149. The summed E-state index contributed by atoms with van der Waals surface area (Å²) < 4.78 is 9.87. The van der Waals surface area contributed by atoms with E-state index in [2.05, 4.69) is 9.72 Å². The first-order valence-electron chi connectivity index (χ1n) is 4.60. The van der Waals surface area contributed by atoms with Crippen LogP contribution in [0.25, 0.3) is 0 Å². The van der Waals surface area contributed by atoms with Crippen molar-refractivity contribution in [2.45, 2.75) is 6.92 Å². The first-order chi connectivity index (χ1) is 7.59. The maximum Gasteiger partial charge on any atom is 0.302 e. The number of hydrogen-bond acceptors (Lipinski definition) is 5. The molecular weight excluding hydrogens is 212 g/mol. The van der Waals surface area contributed by atoms with E-state index in [1.165, 1.54) is 25.4 Å². The number of primary amides is 1. The lowest BCUT2D eigenvalue weighted by molar-refractivity contribution is -0.141. The highest BCUT2D eigenvalue weighted by Gasteiger charge is 2.03. The standard InChI is InChI=1S/C10H12N2O4/c1-7(13)15-2-3-16-9-4-8(10(11)14)5-12-6-9/h4-6H,2-3H2,1H3,(H2,11,14). The van der Waals surface area contributed by atoms with E-state index in [9.17, 15) is 9.59 Å². The maximum atomic E-state index is 10.8. The van der Waals surface area contributed by atoms with Crippen LogP contribution in [0.15, 0.2) is 18.5 Å². The third kappa shape index (κ3) is 3.95. The van der Waals surface area contributed by atoms with Gasteiger partial charge in [-0.25, -0.2) is 0 Å². The molecule has 1 aromatic heterocycles. The van der Waals surface area contributed by atoms with Gasteiger partial charge in [-0.1, -0.05) is 0 Å². The molecule has 2 N–H and O–H groups in total. The largest absolute Gasteiger partial charge is 0.488 e. The zero-order chi connectivity index (χ0) is 12.0. The Morgan fingerprint density at radius 1 is 1.38 bits per heavy atom. The number of carbonyl (C=O) groups excluding carboxylic acids is 2. The Bertz CT molecular complexity index is 392. The van der Waals surface area contributed by atoms with Crippen molar-refractivity contribution >= 4 is 11.9 Å². The Morgan fingerprint density at radius 3 is 2.75 bits per heavy atom. The number of nitrogens with two attached hydrogens (primary N) is 1. The van der Waals surface area contributed by atoms with Crippen LogP contribution in [0, 0.1) is 0 Å². The van der Waals surface area contributed by atoms with E-state index in [-0.39, 0.29) is 24.7 Å². The highest BCUT2D eigenvalue weighted by Crippen LogP contribution is 2.10. The maximum absolute atomic E-state index is 10.8. The van der Waals surface area contributed by atoms with Gasteiger partial charge in [0.25, 0.3) is 0 Å². The summed E-state index contributed by atoms with van der Waals surface area (Å²) in [6, 6.07) is 1.48. The van der Waals surface area contributed by atoms with Gasteiger partial charge in [0.1, 0.15) is 19.0 Å². The predicted octanol–water partition coefficient (Wildman–Crippen LogP) is 0.122. The van der Waals surface area contributed by atoms with Crippen LogP contribution in [0.1, 0.15) is 17.3 Å². The van der Waals surface area contributed by atoms with Crippen molar-refractivity contribution in [2.75, 3.05) is 13.2 Å². The van der Waals surface area contributed by atoms with Crippen molar-refractivity contribution in [1.82, 2.24) is 4.98 Å². The fraction of sp³-hybridized carbons (Fsp3) is 0.300. The molecule has 0 radical (unpaired) electrons. The molecule has 0 bridgehead atoms. The van der Waals surface area contributed by atoms with E-state index in [4.69, 9.17) is 10.5 Å². The van der Waals surface area contributed by atoms with Crippen molar-refractivity contribution in [3.63, 3.8) is 0 Å². The second-order valence-corrected chi connectivity index (χ2v) is 2.96. The third-order valence-corrected chi connectivity index (χ3v) is 1.66. The number of esters is 1. The molecular formula is C10H12N2O4. The molecule has 86 valence electrons. The molecule has 1 amide bonds. The minimum Gasteiger partial charge on any atom is -0.488 e. The van der Waals surface area contributed by atoms with Crippen LogP contribution in [0.4, 0.5) is 0 Å². The molecule has 1 rings (SSSR count). The quantitative estimate of drug-likeness (QED) is 0.566. The van der Waals surface area contributed by atoms with E-state index in [1.54, 1.807) is 0 Å². The molecule has 6 heteroatoms. The van der Waals surface area contributed by atoms with E-state index >= 15 is 0 Å². The van der Waals surface area contributed by atoms with Crippen molar-refractivity contribution in [3.05, 3.63) is 24.0 Å². The van der Waals surface area contributed by atoms with E-state index in [0.29, 0.717) is 5.75 Å². The van der Waals surface area contributed by atoms with Crippen LogP contribution in [0.2, 0.25) is 0 Å². The minimum atomic E-state index is -0.571. The van der Waals surface area contributed by atoms with Gasteiger partial charge >= 0.3 is 5.97 Å². The molecule has 0 atom stereocenters. The van der Waals surface area contributed by atoms with Crippen LogP contribution in [-0.2, 0) is 9.53 Å². The average Bonchev–Trinajstić information content (AvgIpc) is 2.24. The number of aromatic nitrogens is 1. The molecule has 0 saturated carbocycles. The molecule has 16 heavy (non-hydrogen) atoms. The lowest BCUT2D eigenvalue weighted by Gasteiger charge is -2.06. The monoisotopic (exact) mass is 224 g/mol. The second kappa shape index (κ2) is 5.69. The van der Waals surface area contributed by atoms with Crippen LogP contribution in [0.5, 0.6) is 5.75 Å². The number of carbonyl (C=O) groups is 2. The van der Waals surface area contributed by atoms with Gasteiger partial charge in [-0.05, 0) is 6.07 Å². The molecule has 0 aromatic carbocycles. The fourth-order valence-corrected chi connectivity index (χ4v) is 0.977. The third-order valence-electron chi connectivity index (χ3n) is 1.66. The molecule has 0 aliphatic carbocycles. The van der Waals surface area contributed by atoms with Gasteiger partial charge in [0.15, 0.2) is 0 Å². The van der Waals surface area contributed by atoms with Gasteiger partial charge in [0.05, 0.1) is 11.8 Å². The number of ether oxygens (including phenoxy) is 2. The predicted molar refractivity (Wildman–Crippen MR) is 54.9 cm³/mol. The number of rotatable bonds is 5. The van der Waals surface area contributed by atoms with E-state index < -0.39 is 5.91 Å². The number of pyridine rings is 1. The van der Waals surface area contributed by atoms with Crippen molar-refractivity contribution in [1.29, 1.82) is 0 Å². The smallest absolute Gasteiger partial charge is 0.302 e. The fourth-order valence-electron chi connectivity index (χ4n) is 0.977. The van der Waals surface area contributed by atoms with Crippen LogP contribution >= 0.6 is 0 Å². The Kier molecular flexibility index (Phi) is 4.26. The summed E-state index contributed by atoms with van der Waals surface area (Å²) in [7, 11) is 0. The summed E-state index contributed by atoms with van der Waals surface area (Å²) in [6.07, 6.45) is 2.79. The van der Waals surface area contributed by atoms with Gasteiger partial charge in [-0.3, -0.25) is 14.6 Å². The molecule has 6 nitrogen and oxygen atoms in total. The van der Waals surface area contributed by atoms with Gasteiger partial charge in [-0.2, -0.15) is 0 Å². The molecule has 0 spiro atoms. The number of amides is 1. The summed E-state index contributed by atoms with van der Waals surface area (Å²) >= 11 is 0. The topological polar surface area (TPSA) is 91.5 Å². The molecule has 1 heterocycles. The highest BCUT2D eigenvalue weighted by atomic mass is 16.6. The van der Waals surface area contributed by atoms with Crippen molar-refractivity contribution in [2.24, 2.45) is 5.73 Å². The van der Waals surface area contributed by atoms with Gasteiger partial charge in [-0.15, -0.1) is 0 Å². The molecule has 1 aromatic rings. The van der Waals surface area contributed by atoms with Crippen LogP contribution in [0.3, 0.4) is 0 Å². The Balaban J connectivity index is 2.45.